The first-order valence-corrected chi connectivity index (χ1v) is 8.53. The molecule has 25 heavy (non-hydrogen) atoms. The smallest absolute Gasteiger partial charge is 0.355 e. The van der Waals surface area contributed by atoms with Gasteiger partial charge in [0.2, 0.25) is 5.60 Å². The molecule has 1 atom stereocenters. The molecule has 1 unspecified atom stereocenters. The molecule has 2 aromatic rings. The average molecular weight is 340 g/mol. The molecule has 0 fully saturated rings. The number of esters is 2. The van der Waals surface area contributed by atoms with Gasteiger partial charge in [-0.15, -0.1) is 0 Å². The molecule has 0 heterocycles. The Labute approximate surface area is 148 Å². The topological polar surface area (TPSA) is 52.6 Å². The molecule has 2 aromatic carbocycles. The van der Waals surface area contributed by atoms with Crippen LogP contribution >= 0.6 is 0 Å². The Morgan fingerprint density at radius 1 is 0.960 bits per heavy atom. The van der Waals surface area contributed by atoms with Crippen LogP contribution in [-0.2, 0) is 26.3 Å². The minimum atomic E-state index is -1.45. The maximum Gasteiger partial charge on any atom is 0.355 e. The second-order valence-corrected chi connectivity index (χ2v) is 5.87. The molecule has 132 valence electrons. The number of carbonyl (C=O) groups excluding carboxylic acids is 2. The number of hydrogen-bond acceptors (Lipinski definition) is 4. The molecule has 0 saturated heterocycles. The second kappa shape index (κ2) is 8.47. The standard InChI is InChI=1S/C21H24O4/c1-4-9-16-12-14-17(15-13-16)19(22)25-21(5-2,20(23)24-3)18-10-7-6-8-11-18/h6-8,10-15H,4-5,9H2,1-3H3. The van der Waals surface area contributed by atoms with Gasteiger partial charge in [0.15, 0.2) is 0 Å². The molecule has 2 rings (SSSR count). The van der Waals surface area contributed by atoms with Gasteiger partial charge in [-0.25, -0.2) is 9.59 Å². The predicted octanol–water partition coefficient (Wildman–Crippen LogP) is 4.27. The number of methoxy groups -OCH3 is 1. The van der Waals surface area contributed by atoms with Crippen molar-refractivity contribution in [2.24, 2.45) is 0 Å². The number of aryl methyl sites for hydroxylation is 1. The molecule has 0 bridgehead atoms. The number of ether oxygens (including phenoxy) is 2. The van der Waals surface area contributed by atoms with E-state index < -0.39 is 17.5 Å². The van der Waals surface area contributed by atoms with E-state index in [-0.39, 0.29) is 6.42 Å². The second-order valence-electron chi connectivity index (χ2n) is 5.87. The molecule has 0 spiro atoms. The normalized spacial score (nSPS) is 12.9. The molecular formula is C21H24O4. The summed E-state index contributed by atoms with van der Waals surface area (Å²) in [6.07, 6.45) is 2.28. The fraction of sp³-hybridized carbons (Fsp3) is 0.333. The van der Waals surface area contributed by atoms with Gasteiger partial charge in [0.25, 0.3) is 0 Å². The van der Waals surface area contributed by atoms with E-state index in [0.29, 0.717) is 11.1 Å². The highest BCUT2D eigenvalue weighted by Crippen LogP contribution is 2.32. The van der Waals surface area contributed by atoms with Gasteiger partial charge in [-0.3, -0.25) is 0 Å². The third-order valence-electron chi connectivity index (χ3n) is 4.25. The maximum absolute atomic E-state index is 12.7. The Bertz CT molecular complexity index is 706. The van der Waals surface area contributed by atoms with Gasteiger partial charge in [0, 0.05) is 5.56 Å². The van der Waals surface area contributed by atoms with Crippen LogP contribution in [0.15, 0.2) is 54.6 Å². The summed E-state index contributed by atoms with van der Waals surface area (Å²) in [5, 5.41) is 0. The average Bonchev–Trinajstić information content (AvgIpc) is 2.67. The minimum Gasteiger partial charge on any atom is -0.466 e. The molecule has 0 aliphatic rings. The van der Waals surface area contributed by atoms with Crippen LogP contribution < -0.4 is 0 Å². The van der Waals surface area contributed by atoms with E-state index >= 15 is 0 Å². The van der Waals surface area contributed by atoms with Crippen LogP contribution in [-0.4, -0.2) is 19.0 Å². The van der Waals surface area contributed by atoms with Crippen LogP contribution in [0.2, 0.25) is 0 Å². The first kappa shape index (κ1) is 18.7. The van der Waals surface area contributed by atoms with Crippen molar-refractivity contribution >= 4 is 11.9 Å². The van der Waals surface area contributed by atoms with Crippen LogP contribution in [0, 0.1) is 0 Å². The van der Waals surface area contributed by atoms with Crippen molar-refractivity contribution < 1.29 is 19.1 Å². The van der Waals surface area contributed by atoms with Gasteiger partial charge in [0.05, 0.1) is 12.7 Å². The van der Waals surface area contributed by atoms with Crippen LogP contribution in [0.4, 0.5) is 0 Å². The number of hydrogen-bond donors (Lipinski definition) is 0. The van der Waals surface area contributed by atoms with Crippen LogP contribution in [0.25, 0.3) is 0 Å². The Morgan fingerprint density at radius 3 is 2.12 bits per heavy atom. The van der Waals surface area contributed by atoms with E-state index in [1.807, 2.05) is 18.2 Å². The van der Waals surface area contributed by atoms with E-state index in [2.05, 4.69) is 6.92 Å². The number of benzene rings is 2. The van der Waals surface area contributed by atoms with Crippen LogP contribution in [0.5, 0.6) is 0 Å². The van der Waals surface area contributed by atoms with Gasteiger partial charge in [-0.2, -0.15) is 0 Å². The Hall–Kier alpha value is -2.62. The van der Waals surface area contributed by atoms with Crippen molar-refractivity contribution in [1.29, 1.82) is 0 Å². The molecule has 0 aliphatic heterocycles. The molecule has 0 aromatic heterocycles. The predicted molar refractivity (Wildman–Crippen MR) is 96.3 cm³/mol. The highest BCUT2D eigenvalue weighted by atomic mass is 16.6. The van der Waals surface area contributed by atoms with E-state index in [0.717, 1.165) is 18.4 Å². The van der Waals surface area contributed by atoms with Crippen molar-refractivity contribution in [3.05, 3.63) is 71.3 Å². The largest absolute Gasteiger partial charge is 0.466 e. The van der Waals surface area contributed by atoms with Gasteiger partial charge in [-0.1, -0.05) is 62.7 Å². The maximum atomic E-state index is 12.7. The zero-order chi connectivity index (χ0) is 18.3. The number of carbonyl (C=O) groups is 2. The van der Waals surface area contributed by atoms with Crippen molar-refractivity contribution in [2.45, 2.75) is 38.7 Å². The van der Waals surface area contributed by atoms with E-state index in [1.54, 1.807) is 43.3 Å². The lowest BCUT2D eigenvalue weighted by Gasteiger charge is -2.30. The summed E-state index contributed by atoms with van der Waals surface area (Å²) in [6, 6.07) is 16.3. The highest BCUT2D eigenvalue weighted by Gasteiger charge is 2.44. The van der Waals surface area contributed by atoms with E-state index in [1.165, 1.54) is 7.11 Å². The molecule has 0 radical (unpaired) electrons. The van der Waals surface area contributed by atoms with E-state index in [9.17, 15) is 9.59 Å². The van der Waals surface area contributed by atoms with Gasteiger partial charge in [0.1, 0.15) is 0 Å². The minimum absolute atomic E-state index is 0.281. The molecule has 0 saturated carbocycles. The third kappa shape index (κ3) is 4.08. The monoisotopic (exact) mass is 340 g/mol. The Kier molecular flexibility index (Phi) is 6.34. The van der Waals surface area contributed by atoms with Crippen molar-refractivity contribution in [3.8, 4) is 0 Å². The quantitative estimate of drug-likeness (QED) is 0.706. The molecule has 0 amide bonds. The first-order valence-electron chi connectivity index (χ1n) is 8.53. The highest BCUT2D eigenvalue weighted by molar-refractivity contribution is 5.93. The summed E-state index contributed by atoms with van der Waals surface area (Å²) in [6.45, 7) is 3.90. The lowest BCUT2D eigenvalue weighted by atomic mass is 9.90. The van der Waals surface area contributed by atoms with Gasteiger partial charge >= 0.3 is 11.9 Å². The van der Waals surface area contributed by atoms with Crippen LogP contribution in [0.3, 0.4) is 0 Å². The van der Waals surface area contributed by atoms with Crippen molar-refractivity contribution in [1.82, 2.24) is 0 Å². The van der Waals surface area contributed by atoms with Gasteiger partial charge in [-0.05, 0) is 30.5 Å². The molecule has 4 nitrogen and oxygen atoms in total. The summed E-state index contributed by atoms with van der Waals surface area (Å²) in [4.78, 5) is 25.1. The first-order chi connectivity index (χ1) is 12.1. The summed E-state index contributed by atoms with van der Waals surface area (Å²) in [5.41, 5.74) is 0.726. The lowest BCUT2D eigenvalue weighted by molar-refractivity contribution is -0.164. The summed E-state index contributed by atoms with van der Waals surface area (Å²) in [5.74, 6) is -1.13. The van der Waals surface area contributed by atoms with Gasteiger partial charge < -0.3 is 9.47 Å². The Balaban J connectivity index is 2.33. The lowest BCUT2D eigenvalue weighted by Crippen LogP contribution is -2.41. The third-order valence-corrected chi connectivity index (χ3v) is 4.25. The molecule has 0 aliphatic carbocycles. The fourth-order valence-corrected chi connectivity index (χ4v) is 2.82. The summed E-state index contributed by atoms with van der Waals surface area (Å²) >= 11 is 0. The fourth-order valence-electron chi connectivity index (χ4n) is 2.82. The SMILES string of the molecule is CCCc1ccc(C(=O)OC(CC)(C(=O)OC)c2ccccc2)cc1. The number of rotatable bonds is 7. The van der Waals surface area contributed by atoms with Crippen molar-refractivity contribution in [2.75, 3.05) is 7.11 Å². The zero-order valence-corrected chi connectivity index (χ0v) is 15.0. The molecule has 0 N–H and O–H groups in total. The van der Waals surface area contributed by atoms with Crippen molar-refractivity contribution in [3.63, 3.8) is 0 Å². The summed E-state index contributed by atoms with van der Waals surface area (Å²) in [7, 11) is 1.29. The molecule has 4 heteroatoms. The van der Waals surface area contributed by atoms with E-state index in [4.69, 9.17) is 9.47 Å². The zero-order valence-electron chi connectivity index (χ0n) is 15.0. The molecular weight excluding hydrogens is 316 g/mol. The summed E-state index contributed by atoms with van der Waals surface area (Å²) < 4.78 is 10.6. The Morgan fingerprint density at radius 2 is 1.60 bits per heavy atom. The van der Waals surface area contributed by atoms with Crippen LogP contribution in [0.1, 0.15) is 48.2 Å².